The number of aliphatic imine (C=N–C) groups is 1. The predicted molar refractivity (Wildman–Crippen MR) is 144 cm³/mol. The quantitative estimate of drug-likeness (QED) is 0.322. The Hall–Kier alpha value is -2.33. The Morgan fingerprint density at radius 2 is 1.73 bits per heavy atom. The number of amides is 1. The van der Waals surface area contributed by atoms with Crippen molar-refractivity contribution in [1.82, 2.24) is 15.5 Å². The minimum absolute atomic E-state index is 0. The molecule has 8 heteroatoms. The van der Waals surface area contributed by atoms with Gasteiger partial charge in [-0.15, -0.1) is 24.0 Å². The molecule has 2 N–H and O–H groups in total. The van der Waals surface area contributed by atoms with E-state index in [9.17, 15) is 4.79 Å². The largest absolute Gasteiger partial charge is 0.378 e. The second-order valence-electron chi connectivity index (χ2n) is 8.27. The lowest BCUT2D eigenvalue weighted by molar-refractivity contribution is -0.136. The molecule has 7 nitrogen and oxygen atoms in total. The maximum atomic E-state index is 13.3. The van der Waals surface area contributed by atoms with E-state index in [1.54, 1.807) is 7.05 Å². The van der Waals surface area contributed by atoms with Crippen molar-refractivity contribution in [2.45, 2.75) is 18.4 Å². The lowest BCUT2D eigenvalue weighted by Crippen LogP contribution is -2.49. The molecule has 0 bridgehead atoms. The summed E-state index contributed by atoms with van der Waals surface area (Å²) in [5.74, 6) is 0.608. The molecule has 4 rings (SSSR count). The first-order chi connectivity index (χ1) is 15.7. The smallest absolute Gasteiger partial charge is 0.232 e. The normalized spacial score (nSPS) is 19.5. The maximum absolute atomic E-state index is 13.3. The van der Waals surface area contributed by atoms with Crippen LogP contribution in [0.15, 0.2) is 65.7 Å². The molecule has 0 aromatic heterocycles. The number of nitrogens with one attached hydrogen (secondary N) is 2. The first kappa shape index (κ1) is 25.3. The molecule has 2 fully saturated rings. The summed E-state index contributed by atoms with van der Waals surface area (Å²) in [7, 11) is 1.78. The molecule has 2 saturated heterocycles. The van der Waals surface area contributed by atoms with Gasteiger partial charge in [-0.1, -0.05) is 48.5 Å². The van der Waals surface area contributed by atoms with E-state index in [-0.39, 0.29) is 35.8 Å². The fourth-order valence-electron chi connectivity index (χ4n) is 4.38. The lowest BCUT2D eigenvalue weighted by Gasteiger charge is -2.31. The van der Waals surface area contributed by atoms with Crippen molar-refractivity contribution in [3.05, 3.63) is 66.2 Å². The standard InChI is InChI=1S/C25H33N5O2.HI/c1-26-25(28-21-12-13-30(19-21)22-10-6-3-7-11-22)27-18-23(20-8-4-2-5-9-20)24(31)29-14-16-32-17-15-29;/h2-11,21,23H,12-19H2,1H3,(H2,26,27,28);1H. The van der Waals surface area contributed by atoms with Crippen molar-refractivity contribution in [1.29, 1.82) is 0 Å². The number of carbonyl (C=O) groups is 1. The third-order valence-electron chi connectivity index (χ3n) is 6.17. The number of para-hydroxylation sites is 1. The molecule has 33 heavy (non-hydrogen) atoms. The Morgan fingerprint density at radius 1 is 1.06 bits per heavy atom. The van der Waals surface area contributed by atoms with Gasteiger partial charge in [-0.3, -0.25) is 9.79 Å². The van der Waals surface area contributed by atoms with Gasteiger partial charge in [0.15, 0.2) is 5.96 Å². The monoisotopic (exact) mass is 563 g/mol. The number of hydrogen-bond acceptors (Lipinski definition) is 4. The molecule has 2 aliphatic heterocycles. The first-order valence-corrected chi connectivity index (χ1v) is 11.4. The van der Waals surface area contributed by atoms with Crippen LogP contribution in [0, 0.1) is 0 Å². The number of benzene rings is 2. The van der Waals surface area contributed by atoms with E-state index >= 15 is 0 Å². The summed E-state index contributed by atoms with van der Waals surface area (Å²) in [5.41, 5.74) is 2.27. The van der Waals surface area contributed by atoms with Crippen LogP contribution in [0.5, 0.6) is 0 Å². The van der Waals surface area contributed by atoms with Crippen LogP contribution in [0.1, 0.15) is 17.9 Å². The van der Waals surface area contributed by atoms with E-state index in [0.717, 1.165) is 31.0 Å². The van der Waals surface area contributed by atoms with E-state index in [1.165, 1.54) is 5.69 Å². The van der Waals surface area contributed by atoms with Crippen molar-refractivity contribution in [3.63, 3.8) is 0 Å². The number of guanidine groups is 1. The summed E-state index contributed by atoms with van der Waals surface area (Å²) in [5, 5.41) is 6.95. The molecule has 0 saturated carbocycles. The highest BCUT2D eigenvalue weighted by molar-refractivity contribution is 14.0. The average Bonchev–Trinajstić information content (AvgIpc) is 3.33. The molecule has 2 heterocycles. The Kier molecular flexibility index (Phi) is 9.80. The number of hydrogen-bond donors (Lipinski definition) is 2. The van der Waals surface area contributed by atoms with Crippen molar-refractivity contribution >= 4 is 41.5 Å². The van der Waals surface area contributed by atoms with Crippen LogP contribution in [0.25, 0.3) is 0 Å². The molecule has 2 aliphatic rings. The van der Waals surface area contributed by atoms with Crippen LogP contribution in [0.2, 0.25) is 0 Å². The summed E-state index contributed by atoms with van der Waals surface area (Å²) in [6, 6.07) is 20.8. The van der Waals surface area contributed by atoms with Gasteiger partial charge in [-0.2, -0.15) is 0 Å². The number of nitrogens with zero attached hydrogens (tertiary/aromatic N) is 3. The minimum Gasteiger partial charge on any atom is -0.378 e. The Balaban J connectivity index is 0.00000306. The molecule has 2 unspecified atom stereocenters. The van der Waals surface area contributed by atoms with Crippen molar-refractivity contribution in [3.8, 4) is 0 Å². The third-order valence-corrected chi connectivity index (χ3v) is 6.17. The fraction of sp³-hybridized carbons (Fsp3) is 0.440. The van der Waals surface area contributed by atoms with Gasteiger partial charge in [0.2, 0.25) is 5.91 Å². The molecule has 2 aromatic rings. The second-order valence-corrected chi connectivity index (χ2v) is 8.27. The topological polar surface area (TPSA) is 69.2 Å². The summed E-state index contributed by atoms with van der Waals surface area (Å²) in [6.07, 6.45) is 1.05. The summed E-state index contributed by atoms with van der Waals surface area (Å²) in [4.78, 5) is 22.0. The molecule has 0 aliphatic carbocycles. The van der Waals surface area contributed by atoms with Crippen molar-refractivity contribution < 1.29 is 9.53 Å². The van der Waals surface area contributed by atoms with Crippen LogP contribution in [-0.4, -0.2) is 75.8 Å². The number of ether oxygens (including phenoxy) is 1. The molecule has 178 valence electrons. The number of halogens is 1. The van der Waals surface area contributed by atoms with E-state index in [2.05, 4.69) is 44.8 Å². The summed E-state index contributed by atoms with van der Waals surface area (Å²) >= 11 is 0. The van der Waals surface area contributed by atoms with Crippen LogP contribution >= 0.6 is 24.0 Å². The highest BCUT2D eigenvalue weighted by Gasteiger charge is 2.28. The zero-order valence-corrected chi connectivity index (χ0v) is 21.5. The molecule has 1 amide bonds. The predicted octanol–water partition coefficient (Wildman–Crippen LogP) is 2.69. The zero-order chi connectivity index (χ0) is 22.2. The minimum atomic E-state index is -0.266. The number of morpholine rings is 1. The van der Waals surface area contributed by atoms with Crippen molar-refractivity contribution in [2.75, 3.05) is 57.9 Å². The molecule has 2 atom stereocenters. The average molecular weight is 563 g/mol. The number of carbonyl (C=O) groups excluding carboxylic acids is 1. The van der Waals surface area contributed by atoms with Crippen LogP contribution < -0.4 is 15.5 Å². The maximum Gasteiger partial charge on any atom is 0.232 e. The number of rotatable bonds is 6. The molecule has 0 spiro atoms. The third kappa shape index (κ3) is 6.83. The van der Waals surface area contributed by atoms with E-state index < -0.39 is 0 Å². The Labute approximate surface area is 213 Å². The zero-order valence-electron chi connectivity index (χ0n) is 19.2. The number of anilines is 1. The van der Waals surface area contributed by atoms with Crippen molar-refractivity contribution in [2.24, 2.45) is 4.99 Å². The van der Waals surface area contributed by atoms with Crippen LogP contribution in [-0.2, 0) is 9.53 Å². The van der Waals surface area contributed by atoms with Gasteiger partial charge in [-0.25, -0.2) is 0 Å². The van der Waals surface area contributed by atoms with Gasteiger partial charge in [0.25, 0.3) is 0 Å². The van der Waals surface area contributed by atoms with Crippen LogP contribution in [0.3, 0.4) is 0 Å². The van der Waals surface area contributed by atoms with E-state index in [4.69, 9.17) is 4.74 Å². The van der Waals surface area contributed by atoms with Gasteiger partial charge < -0.3 is 25.2 Å². The highest BCUT2D eigenvalue weighted by atomic mass is 127. The molecular weight excluding hydrogens is 529 g/mol. The summed E-state index contributed by atoms with van der Waals surface area (Å²) in [6.45, 7) is 4.93. The molecule has 0 radical (unpaired) electrons. The molecule has 2 aromatic carbocycles. The van der Waals surface area contributed by atoms with E-state index in [0.29, 0.717) is 38.9 Å². The van der Waals surface area contributed by atoms with Gasteiger partial charge in [0.1, 0.15) is 0 Å². The second kappa shape index (κ2) is 12.8. The molecular formula is C25H34IN5O2. The fourth-order valence-corrected chi connectivity index (χ4v) is 4.38. The van der Waals surface area contributed by atoms with Gasteiger partial charge in [0, 0.05) is 51.5 Å². The first-order valence-electron chi connectivity index (χ1n) is 11.4. The summed E-state index contributed by atoms with van der Waals surface area (Å²) < 4.78 is 5.42. The SMILES string of the molecule is CN=C(NCC(C(=O)N1CCOCC1)c1ccccc1)NC1CCN(c2ccccc2)C1.I. The highest BCUT2D eigenvalue weighted by Crippen LogP contribution is 2.21. The van der Waals surface area contributed by atoms with Gasteiger partial charge in [-0.05, 0) is 24.1 Å². The Morgan fingerprint density at radius 3 is 2.39 bits per heavy atom. The lowest BCUT2D eigenvalue weighted by atomic mass is 9.97. The Bertz CT molecular complexity index is 890. The van der Waals surface area contributed by atoms with E-state index in [1.807, 2.05) is 41.3 Å². The van der Waals surface area contributed by atoms with Gasteiger partial charge >= 0.3 is 0 Å². The van der Waals surface area contributed by atoms with Gasteiger partial charge in [0.05, 0.1) is 19.1 Å². The van der Waals surface area contributed by atoms with Crippen LogP contribution in [0.4, 0.5) is 5.69 Å².